The minimum atomic E-state index is 0.677. The van der Waals surface area contributed by atoms with Crippen molar-refractivity contribution in [1.82, 2.24) is 15.3 Å². The number of unbranched alkanes of at least 4 members (excludes halogenated alkanes) is 6. The van der Waals surface area contributed by atoms with Gasteiger partial charge >= 0.3 is 0 Å². The molecule has 4 nitrogen and oxygen atoms in total. The molecule has 2 aromatic heterocycles. The molecule has 0 spiro atoms. The summed E-state index contributed by atoms with van der Waals surface area (Å²) in [4.78, 5) is 12.4. The highest BCUT2D eigenvalue weighted by molar-refractivity contribution is 7.16. The lowest BCUT2D eigenvalue weighted by molar-refractivity contribution is 0.407. The van der Waals surface area contributed by atoms with Crippen molar-refractivity contribution in [2.75, 3.05) is 24.5 Å². The van der Waals surface area contributed by atoms with Crippen LogP contribution >= 0.6 is 11.3 Å². The van der Waals surface area contributed by atoms with E-state index in [-0.39, 0.29) is 0 Å². The monoisotopic (exact) mass is 360 g/mol. The smallest absolute Gasteiger partial charge is 0.140 e. The Bertz CT molecular complexity index is 619. The second-order valence-corrected chi connectivity index (χ2v) is 8.07. The zero-order valence-electron chi connectivity index (χ0n) is 15.5. The van der Waals surface area contributed by atoms with Gasteiger partial charge in [0.2, 0.25) is 0 Å². The number of hydrogen-bond acceptors (Lipinski definition) is 5. The van der Waals surface area contributed by atoms with Gasteiger partial charge in [-0.15, -0.1) is 11.3 Å². The fourth-order valence-corrected chi connectivity index (χ4v) is 4.44. The van der Waals surface area contributed by atoms with Crippen LogP contribution in [0.1, 0.15) is 64.7 Å². The van der Waals surface area contributed by atoms with E-state index in [1.54, 1.807) is 17.7 Å². The second kappa shape index (κ2) is 10.1. The molecule has 5 heteroatoms. The van der Waals surface area contributed by atoms with Gasteiger partial charge in [-0.3, -0.25) is 0 Å². The maximum Gasteiger partial charge on any atom is 0.140 e. The molecule has 2 aromatic rings. The number of nitrogens with zero attached hydrogens (tertiary/aromatic N) is 3. The van der Waals surface area contributed by atoms with Crippen LogP contribution < -0.4 is 10.2 Å². The number of aromatic nitrogens is 2. The lowest BCUT2D eigenvalue weighted by Gasteiger charge is -2.33. The molecule has 0 atom stereocenters. The third-order valence-electron chi connectivity index (χ3n) is 5.25. The van der Waals surface area contributed by atoms with Crippen LogP contribution in [0.25, 0.3) is 10.2 Å². The SMILES string of the molecule is CCCCCCCCCNC1CCN(c2ncnc3sccc23)CC1. The molecule has 1 N–H and O–H groups in total. The Morgan fingerprint density at radius 3 is 2.64 bits per heavy atom. The van der Waals surface area contributed by atoms with E-state index in [2.05, 4.69) is 38.6 Å². The van der Waals surface area contributed by atoms with Gasteiger partial charge in [-0.1, -0.05) is 45.4 Å². The number of hydrogen-bond donors (Lipinski definition) is 1. The number of rotatable bonds is 10. The normalized spacial score (nSPS) is 16.0. The third kappa shape index (κ3) is 5.38. The summed E-state index contributed by atoms with van der Waals surface area (Å²) in [7, 11) is 0. The molecule has 0 saturated carbocycles. The van der Waals surface area contributed by atoms with Crippen molar-refractivity contribution in [3.05, 3.63) is 17.8 Å². The molecule has 1 fully saturated rings. The van der Waals surface area contributed by atoms with Crippen LogP contribution in [0, 0.1) is 0 Å². The van der Waals surface area contributed by atoms with Crippen molar-refractivity contribution in [3.8, 4) is 0 Å². The van der Waals surface area contributed by atoms with E-state index in [1.807, 2.05) is 0 Å². The largest absolute Gasteiger partial charge is 0.356 e. The Labute approximate surface area is 156 Å². The molecule has 1 aliphatic rings. The summed E-state index contributed by atoms with van der Waals surface area (Å²) in [6.07, 6.45) is 13.8. The topological polar surface area (TPSA) is 41.0 Å². The maximum absolute atomic E-state index is 4.55. The molecule has 138 valence electrons. The second-order valence-electron chi connectivity index (χ2n) is 7.17. The van der Waals surface area contributed by atoms with Crippen molar-refractivity contribution < 1.29 is 0 Å². The lowest BCUT2D eigenvalue weighted by Crippen LogP contribution is -2.43. The molecular weight excluding hydrogens is 328 g/mol. The third-order valence-corrected chi connectivity index (χ3v) is 6.07. The van der Waals surface area contributed by atoms with Gasteiger partial charge in [0.1, 0.15) is 17.0 Å². The van der Waals surface area contributed by atoms with Crippen molar-refractivity contribution in [2.45, 2.75) is 70.8 Å². The van der Waals surface area contributed by atoms with Gasteiger partial charge in [-0.05, 0) is 37.3 Å². The van der Waals surface area contributed by atoms with Gasteiger partial charge in [-0.2, -0.15) is 0 Å². The van der Waals surface area contributed by atoms with Gasteiger partial charge in [0.05, 0.1) is 5.39 Å². The van der Waals surface area contributed by atoms with Crippen LogP contribution in [0.15, 0.2) is 17.8 Å². The summed E-state index contributed by atoms with van der Waals surface area (Å²) < 4.78 is 0. The van der Waals surface area contributed by atoms with Crippen molar-refractivity contribution in [3.63, 3.8) is 0 Å². The fraction of sp³-hybridized carbons (Fsp3) is 0.700. The summed E-state index contributed by atoms with van der Waals surface area (Å²) in [6, 6.07) is 2.83. The highest BCUT2D eigenvalue weighted by Crippen LogP contribution is 2.28. The van der Waals surface area contributed by atoms with Crippen molar-refractivity contribution >= 4 is 27.4 Å². The highest BCUT2D eigenvalue weighted by atomic mass is 32.1. The van der Waals surface area contributed by atoms with E-state index >= 15 is 0 Å². The van der Waals surface area contributed by atoms with Gasteiger partial charge in [0.25, 0.3) is 0 Å². The first kappa shape index (κ1) is 18.6. The molecule has 0 amide bonds. The molecule has 0 aromatic carbocycles. The zero-order valence-corrected chi connectivity index (χ0v) is 16.4. The minimum Gasteiger partial charge on any atom is -0.356 e. The van der Waals surface area contributed by atoms with Crippen LogP contribution in [-0.4, -0.2) is 35.6 Å². The van der Waals surface area contributed by atoms with E-state index in [0.717, 1.165) is 23.7 Å². The number of fused-ring (bicyclic) bond motifs is 1. The summed E-state index contributed by atoms with van der Waals surface area (Å²) in [5.74, 6) is 1.12. The summed E-state index contributed by atoms with van der Waals surface area (Å²) in [5.41, 5.74) is 0. The summed E-state index contributed by atoms with van der Waals surface area (Å²) >= 11 is 1.70. The maximum atomic E-state index is 4.55. The highest BCUT2D eigenvalue weighted by Gasteiger charge is 2.21. The molecular formula is C20H32N4S. The average molecular weight is 361 g/mol. The molecule has 0 aliphatic carbocycles. The Kier molecular flexibility index (Phi) is 7.49. The molecule has 3 heterocycles. The van der Waals surface area contributed by atoms with Crippen LogP contribution in [0.3, 0.4) is 0 Å². The van der Waals surface area contributed by atoms with Crippen molar-refractivity contribution in [2.24, 2.45) is 0 Å². The zero-order chi connectivity index (χ0) is 17.3. The summed E-state index contributed by atoms with van der Waals surface area (Å²) in [5, 5.41) is 7.09. The first-order chi connectivity index (χ1) is 12.4. The molecule has 1 saturated heterocycles. The first-order valence-corrected chi connectivity index (χ1v) is 10.9. The minimum absolute atomic E-state index is 0.677. The molecule has 1 aliphatic heterocycles. The van der Waals surface area contributed by atoms with Crippen LogP contribution in [0.4, 0.5) is 5.82 Å². The van der Waals surface area contributed by atoms with E-state index in [9.17, 15) is 0 Å². The van der Waals surface area contributed by atoms with Gasteiger partial charge in [-0.25, -0.2) is 9.97 Å². The Hall–Kier alpha value is -1.20. The quantitative estimate of drug-likeness (QED) is 0.605. The van der Waals surface area contributed by atoms with Crippen LogP contribution in [0.2, 0.25) is 0 Å². The Morgan fingerprint density at radius 1 is 1.08 bits per heavy atom. The lowest BCUT2D eigenvalue weighted by atomic mass is 10.0. The van der Waals surface area contributed by atoms with Crippen LogP contribution in [0.5, 0.6) is 0 Å². The molecule has 0 bridgehead atoms. The Morgan fingerprint density at radius 2 is 1.84 bits per heavy atom. The number of anilines is 1. The van der Waals surface area contributed by atoms with E-state index < -0.39 is 0 Å². The predicted molar refractivity (Wildman–Crippen MR) is 109 cm³/mol. The van der Waals surface area contributed by atoms with Crippen LogP contribution in [-0.2, 0) is 0 Å². The number of piperidine rings is 1. The van der Waals surface area contributed by atoms with Crippen molar-refractivity contribution in [1.29, 1.82) is 0 Å². The van der Waals surface area contributed by atoms with E-state index in [1.165, 1.54) is 69.7 Å². The molecule has 0 radical (unpaired) electrons. The van der Waals surface area contributed by atoms with Gasteiger partial charge in [0.15, 0.2) is 0 Å². The predicted octanol–water partition coefficient (Wildman–Crippen LogP) is 5.00. The van der Waals surface area contributed by atoms with Gasteiger partial charge in [0, 0.05) is 19.1 Å². The first-order valence-electron chi connectivity index (χ1n) is 10.0. The number of nitrogens with one attached hydrogen (secondary N) is 1. The standard InChI is InChI=1S/C20H32N4S/c1-2-3-4-5-6-7-8-12-21-17-9-13-24(14-10-17)19-18-11-15-25-20(18)23-16-22-19/h11,15-17,21H,2-10,12-14H2,1H3. The molecule has 3 rings (SSSR count). The fourth-order valence-electron chi connectivity index (χ4n) is 3.71. The molecule has 25 heavy (non-hydrogen) atoms. The van der Waals surface area contributed by atoms with E-state index in [4.69, 9.17) is 0 Å². The Balaban J connectivity index is 1.33. The summed E-state index contributed by atoms with van der Waals surface area (Å²) in [6.45, 7) is 5.65. The van der Waals surface area contributed by atoms with E-state index in [0.29, 0.717) is 6.04 Å². The average Bonchev–Trinajstić information content (AvgIpc) is 3.13. The molecule has 0 unspecified atom stereocenters. The van der Waals surface area contributed by atoms with Gasteiger partial charge < -0.3 is 10.2 Å². The number of thiophene rings is 1.